The molecule has 2 aliphatic rings. The number of fused-ring (bicyclic) bond motifs is 1. The van der Waals surface area contributed by atoms with E-state index in [1.165, 1.54) is 0 Å². The minimum absolute atomic E-state index is 0.147. The van der Waals surface area contributed by atoms with Crippen molar-refractivity contribution in [1.82, 2.24) is 20.5 Å². The van der Waals surface area contributed by atoms with Crippen molar-refractivity contribution in [3.05, 3.63) is 30.1 Å². The topological polar surface area (TPSA) is 83.6 Å². The van der Waals surface area contributed by atoms with Crippen LogP contribution < -0.4 is 10.6 Å². The van der Waals surface area contributed by atoms with Gasteiger partial charge in [-0.1, -0.05) is 6.07 Å². The van der Waals surface area contributed by atoms with Crippen LogP contribution in [0.5, 0.6) is 0 Å². The lowest BCUT2D eigenvalue weighted by molar-refractivity contribution is 0.0278. The molecule has 7 heteroatoms. The normalized spacial score (nSPS) is 24.4. The number of nitrogens with zero attached hydrogens (tertiary/aromatic N) is 2. The van der Waals surface area contributed by atoms with Crippen molar-refractivity contribution in [1.29, 1.82) is 0 Å². The number of ether oxygens (including phenoxy) is 1. The van der Waals surface area contributed by atoms with Gasteiger partial charge >= 0.3 is 12.1 Å². The van der Waals surface area contributed by atoms with E-state index in [1.54, 1.807) is 12.4 Å². The highest BCUT2D eigenvalue weighted by Crippen LogP contribution is 2.41. The summed E-state index contributed by atoms with van der Waals surface area (Å²) in [4.78, 5) is 30.1. The Kier molecular flexibility index (Phi) is 5.87. The van der Waals surface area contributed by atoms with E-state index in [-0.39, 0.29) is 12.1 Å². The minimum Gasteiger partial charge on any atom is -0.444 e. The molecule has 2 heterocycles. The largest absolute Gasteiger partial charge is 0.444 e. The summed E-state index contributed by atoms with van der Waals surface area (Å²) in [5.74, 6) is 1.51. The SMILES string of the molecule is CC(C)(C)OC(=O)N1C[C@H]2CC(CNC(=O)NCc3cccnc3)C[C@H]2C1. The van der Waals surface area contributed by atoms with Crippen LogP contribution in [0.25, 0.3) is 0 Å². The van der Waals surface area contributed by atoms with E-state index in [0.717, 1.165) is 31.5 Å². The second-order valence-corrected chi connectivity index (χ2v) is 8.67. The number of carbonyl (C=O) groups is 2. The van der Waals surface area contributed by atoms with Crippen molar-refractivity contribution in [3.63, 3.8) is 0 Å². The second-order valence-electron chi connectivity index (χ2n) is 8.67. The molecule has 2 fully saturated rings. The molecular weight excluding hydrogens is 344 g/mol. The monoisotopic (exact) mass is 374 g/mol. The third-order valence-electron chi connectivity index (χ3n) is 5.23. The van der Waals surface area contributed by atoms with Gasteiger partial charge in [-0.3, -0.25) is 4.98 Å². The summed E-state index contributed by atoms with van der Waals surface area (Å²) in [6.07, 6.45) is 5.35. The molecule has 2 N–H and O–H groups in total. The molecule has 148 valence electrons. The fourth-order valence-electron chi connectivity index (χ4n) is 4.05. The zero-order valence-corrected chi connectivity index (χ0v) is 16.4. The van der Waals surface area contributed by atoms with Crippen molar-refractivity contribution in [2.24, 2.45) is 17.8 Å². The Morgan fingerprint density at radius 2 is 1.93 bits per heavy atom. The van der Waals surface area contributed by atoms with Crippen molar-refractivity contribution < 1.29 is 14.3 Å². The van der Waals surface area contributed by atoms with Crippen LogP contribution in [0.3, 0.4) is 0 Å². The van der Waals surface area contributed by atoms with Crippen LogP contribution in [0.1, 0.15) is 39.2 Å². The molecule has 1 aliphatic heterocycles. The number of likely N-dealkylation sites (tertiary alicyclic amines) is 1. The van der Waals surface area contributed by atoms with Crippen molar-refractivity contribution in [3.8, 4) is 0 Å². The highest BCUT2D eigenvalue weighted by molar-refractivity contribution is 5.73. The quantitative estimate of drug-likeness (QED) is 0.849. The van der Waals surface area contributed by atoms with E-state index < -0.39 is 5.60 Å². The number of pyridine rings is 1. The smallest absolute Gasteiger partial charge is 0.410 e. The Bertz CT molecular complexity index is 645. The van der Waals surface area contributed by atoms with E-state index in [4.69, 9.17) is 4.74 Å². The highest BCUT2D eigenvalue weighted by Gasteiger charge is 2.43. The van der Waals surface area contributed by atoms with Crippen LogP contribution in [0.4, 0.5) is 9.59 Å². The van der Waals surface area contributed by atoms with Crippen LogP contribution in [-0.4, -0.2) is 47.2 Å². The van der Waals surface area contributed by atoms with Crippen LogP contribution in [0.15, 0.2) is 24.5 Å². The molecule has 0 radical (unpaired) electrons. The molecule has 3 amide bonds. The van der Waals surface area contributed by atoms with E-state index >= 15 is 0 Å². The van der Waals surface area contributed by atoms with Crippen LogP contribution in [0.2, 0.25) is 0 Å². The molecule has 3 rings (SSSR count). The van der Waals surface area contributed by atoms with Crippen molar-refractivity contribution in [2.45, 2.75) is 45.8 Å². The van der Waals surface area contributed by atoms with Gasteiger partial charge in [0.2, 0.25) is 0 Å². The Labute approximate surface area is 160 Å². The maximum absolute atomic E-state index is 12.2. The van der Waals surface area contributed by atoms with Gasteiger partial charge in [0.15, 0.2) is 0 Å². The summed E-state index contributed by atoms with van der Waals surface area (Å²) in [6.45, 7) is 8.36. The third kappa shape index (κ3) is 5.58. The van der Waals surface area contributed by atoms with E-state index in [0.29, 0.717) is 30.8 Å². The molecule has 0 bridgehead atoms. The second kappa shape index (κ2) is 8.15. The van der Waals surface area contributed by atoms with Gasteiger partial charge in [-0.25, -0.2) is 9.59 Å². The summed E-state index contributed by atoms with van der Waals surface area (Å²) < 4.78 is 5.47. The van der Waals surface area contributed by atoms with Gasteiger partial charge in [-0.15, -0.1) is 0 Å². The minimum atomic E-state index is -0.454. The number of carbonyl (C=O) groups excluding carboxylic acids is 2. The van der Waals surface area contributed by atoms with E-state index in [9.17, 15) is 9.59 Å². The molecule has 1 unspecified atom stereocenters. The first kappa shape index (κ1) is 19.5. The Morgan fingerprint density at radius 1 is 1.22 bits per heavy atom. The predicted octanol–water partition coefficient (Wildman–Crippen LogP) is 2.77. The fraction of sp³-hybridized carbons (Fsp3) is 0.650. The summed E-state index contributed by atoms with van der Waals surface area (Å²) in [5, 5.41) is 5.83. The first-order valence-corrected chi connectivity index (χ1v) is 9.68. The average Bonchev–Trinajstić information content (AvgIpc) is 3.16. The summed E-state index contributed by atoms with van der Waals surface area (Å²) in [6, 6.07) is 3.64. The molecule has 7 nitrogen and oxygen atoms in total. The Hall–Kier alpha value is -2.31. The van der Waals surface area contributed by atoms with Gasteiger partial charge in [-0.05, 0) is 63.0 Å². The molecule has 1 aromatic heterocycles. The summed E-state index contributed by atoms with van der Waals surface area (Å²) >= 11 is 0. The zero-order valence-electron chi connectivity index (χ0n) is 16.4. The molecule has 27 heavy (non-hydrogen) atoms. The summed E-state index contributed by atoms with van der Waals surface area (Å²) in [7, 11) is 0. The first-order chi connectivity index (χ1) is 12.8. The van der Waals surface area contributed by atoms with Crippen LogP contribution >= 0.6 is 0 Å². The lowest BCUT2D eigenvalue weighted by atomic mass is 10.0. The number of rotatable bonds is 4. The number of hydrogen-bond acceptors (Lipinski definition) is 4. The zero-order chi connectivity index (χ0) is 19.4. The molecule has 3 atom stereocenters. The molecule has 1 saturated heterocycles. The van der Waals surface area contributed by atoms with Gasteiger partial charge in [0.25, 0.3) is 0 Å². The number of amides is 3. The van der Waals surface area contributed by atoms with E-state index in [1.807, 2.05) is 37.8 Å². The number of hydrogen-bond donors (Lipinski definition) is 2. The van der Waals surface area contributed by atoms with Crippen LogP contribution in [0, 0.1) is 17.8 Å². The van der Waals surface area contributed by atoms with Gasteiger partial charge in [0, 0.05) is 38.6 Å². The third-order valence-corrected chi connectivity index (χ3v) is 5.23. The fourth-order valence-corrected chi connectivity index (χ4v) is 4.05. The molecular formula is C20H30N4O3. The molecule has 1 aromatic rings. The standard InChI is InChI=1S/C20H30N4O3/c1-20(2,3)27-19(26)24-12-16-7-15(8-17(16)13-24)11-23-18(25)22-10-14-5-4-6-21-9-14/h4-6,9,15-17H,7-8,10-13H2,1-3H3,(H2,22,23,25)/t15?,16-,17+. The molecule has 0 aromatic carbocycles. The van der Waals surface area contributed by atoms with Gasteiger partial charge < -0.3 is 20.3 Å². The van der Waals surface area contributed by atoms with E-state index in [2.05, 4.69) is 15.6 Å². The average molecular weight is 374 g/mol. The number of aromatic nitrogens is 1. The Morgan fingerprint density at radius 3 is 2.52 bits per heavy atom. The number of urea groups is 1. The van der Waals surface area contributed by atoms with Gasteiger partial charge in [-0.2, -0.15) is 0 Å². The van der Waals surface area contributed by atoms with Gasteiger partial charge in [0.1, 0.15) is 5.60 Å². The van der Waals surface area contributed by atoms with Crippen molar-refractivity contribution in [2.75, 3.05) is 19.6 Å². The predicted molar refractivity (Wildman–Crippen MR) is 102 cm³/mol. The highest BCUT2D eigenvalue weighted by atomic mass is 16.6. The maximum Gasteiger partial charge on any atom is 0.410 e. The first-order valence-electron chi connectivity index (χ1n) is 9.68. The number of nitrogens with one attached hydrogen (secondary N) is 2. The lowest BCUT2D eigenvalue weighted by Gasteiger charge is -2.25. The summed E-state index contributed by atoms with van der Waals surface area (Å²) in [5.41, 5.74) is 0.523. The van der Waals surface area contributed by atoms with Crippen LogP contribution in [-0.2, 0) is 11.3 Å². The molecule has 0 spiro atoms. The van der Waals surface area contributed by atoms with Gasteiger partial charge in [0.05, 0.1) is 0 Å². The van der Waals surface area contributed by atoms with Crippen molar-refractivity contribution >= 4 is 12.1 Å². The lowest BCUT2D eigenvalue weighted by Crippen LogP contribution is -2.38. The molecule has 1 aliphatic carbocycles. The Balaban J connectivity index is 1.36. The maximum atomic E-state index is 12.2. The molecule has 1 saturated carbocycles.